The van der Waals surface area contributed by atoms with Crippen LogP contribution >= 0.6 is 15.9 Å². The molecule has 1 aromatic rings. The van der Waals surface area contributed by atoms with E-state index in [0.29, 0.717) is 19.7 Å². The van der Waals surface area contributed by atoms with Gasteiger partial charge in [0.15, 0.2) is 0 Å². The normalized spacial score (nSPS) is 11.7. The third kappa shape index (κ3) is 5.94. The van der Waals surface area contributed by atoms with Crippen LogP contribution in [0.15, 0.2) is 24.3 Å². The van der Waals surface area contributed by atoms with Crippen molar-refractivity contribution in [3.05, 3.63) is 24.3 Å². The zero-order chi connectivity index (χ0) is 14.1. The molecule has 0 aromatic heterocycles. The van der Waals surface area contributed by atoms with E-state index >= 15 is 0 Å². The molecular weight excluding hydrogens is 314 g/mol. The monoisotopic (exact) mass is 331 g/mol. The fourth-order valence-electron chi connectivity index (χ4n) is 1.35. The second-order valence-corrected chi connectivity index (χ2v) is 4.82. The Bertz CT molecular complexity index is 383. The Morgan fingerprint density at radius 3 is 2.47 bits per heavy atom. The SMILES string of the molecule is COC(=O)C(Br)CNCCOc1ccc(OC)cc1. The number of methoxy groups -OCH3 is 2. The van der Waals surface area contributed by atoms with Crippen LogP contribution in [0, 0.1) is 0 Å². The summed E-state index contributed by atoms with van der Waals surface area (Å²) in [5.74, 6) is 1.29. The Labute approximate surface area is 121 Å². The standard InChI is InChI=1S/C13H18BrNO4/c1-17-10-3-5-11(6-4-10)19-8-7-15-9-12(14)13(16)18-2/h3-6,12,15H,7-9H2,1-2H3. The van der Waals surface area contributed by atoms with Crippen molar-refractivity contribution in [3.63, 3.8) is 0 Å². The molecule has 1 unspecified atom stereocenters. The molecule has 0 amide bonds. The number of nitrogens with one attached hydrogen (secondary N) is 1. The number of alkyl halides is 1. The molecule has 0 aliphatic heterocycles. The second-order valence-electron chi connectivity index (χ2n) is 3.72. The highest BCUT2D eigenvalue weighted by atomic mass is 79.9. The summed E-state index contributed by atoms with van der Waals surface area (Å²) < 4.78 is 15.2. The second kappa shape index (κ2) is 8.77. The van der Waals surface area contributed by atoms with Crippen LogP contribution in [0.25, 0.3) is 0 Å². The smallest absolute Gasteiger partial charge is 0.320 e. The lowest BCUT2D eigenvalue weighted by Gasteiger charge is -2.10. The molecule has 0 saturated heterocycles. The summed E-state index contributed by atoms with van der Waals surface area (Å²) in [5.41, 5.74) is 0. The lowest BCUT2D eigenvalue weighted by atomic mass is 10.3. The number of carbonyl (C=O) groups excluding carboxylic acids is 1. The molecule has 0 heterocycles. The first-order chi connectivity index (χ1) is 9.17. The number of hydrogen-bond donors (Lipinski definition) is 1. The van der Waals surface area contributed by atoms with Gasteiger partial charge in [0.1, 0.15) is 22.9 Å². The molecule has 6 heteroatoms. The molecule has 1 atom stereocenters. The van der Waals surface area contributed by atoms with Crippen LogP contribution < -0.4 is 14.8 Å². The Morgan fingerprint density at radius 1 is 1.26 bits per heavy atom. The van der Waals surface area contributed by atoms with E-state index in [9.17, 15) is 4.79 Å². The quantitative estimate of drug-likeness (QED) is 0.445. The van der Waals surface area contributed by atoms with Gasteiger partial charge in [-0.25, -0.2) is 0 Å². The predicted molar refractivity (Wildman–Crippen MR) is 76.1 cm³/mol. The van der Waals surface area contributed by atoms with Gasteiger partial charge in [0.2, 0.25) is 0 Å². The molecule has 5 nitrogen and oxygen atoms in total. The summed E-state index contributed by atoms with van der Waals surface area (Å²) in [7, 11) is 2.99. The number of rotatable bonds is 8. The molecular formula is C13H18BrNO4. The highest BCUT2D eigenvalue weighted by Crippen LogP contribution is 2.16. The lowest BCUT2D eigenvalue weighted by Crippen LogP contribution is -2.32. The minimum Gasteiger partial charge on any atom is -0.497 e. The first kappa shape index (κ1) is 15.8. The molecule has 106 valence electrons. The zero-order valence-electron chi connectivity index (χ0n) is 11.0. The molecule has 0 bridgehead atoms. The number of benzene rings is 1. The van der Waals surface area contributed by atoms with Crippen LogP contribution in [0.5, 0.6) is 11.5 Å². The van der Waals surface area contributed by atoms with Gasteiger partial charge in [-0.2, -0.15) is 0 Å². The molecule has 0 spiro atoms. The van der Waals surface area contributed by atoms with Crippen molar-refractivity contribution >= 4 is 21.9 Å². The number of carbonyl (C=O) groups is 1. The van der Waals surface area contributed by atoms with E-state index in [4.69, 9.17) is 9.47 Å². The third-order valence-electron chi connectivity index (χ3n) is 2.39. The molecule has 0 aliphatic carbocycles. The van der Waals surface area contributed by atoms with Gasteiger partial charge in [0.25, 0.3) is 0 Å². The summed E-state index contributed by atoms with van der Waals surface area (Å²) in [4.78, 5) is 10.8. The number of halogens is 1. The highest BCUT2D eigenvalue weighted by Gasteiger charge is 2.13. The highest BCUT2D eigenvalue weighted by molar-refractivity contribution is 9.10. The fourth-order valence-corrected chi connectivity index (χ4v) is 1.77. The van der Waals surface area contributed by atoms with E-state index in [-0.39, 0.29) is 10.8 Å². The van der Waals surface area contributed by atoms with Crippen LogP contribution in [0.1, 0.15) is 0 Å². The summed E-state index contributed by atoms with van der Waals surface area (Å²) >= 11 is 3.22. The summed E-state index contributed by atoms with van der Waals surface area (Å²) in [6.45, 7) is 1.66. The summed E-state index contributed by atoms with van der Waals surface area (Å²) in [5, 5.41) is 3.10. The topological polar surface area (TPSA) is 56.8 Å². The van der Waals surface area contributed by atoms with Crippen molar-refractivity contribution in [3.8, 4) is 11.5 Å². The maximum Gasteiger partial charge on any atom is 0.320 e. The minimum atomic E-state index is -0.335. The van der Waals surface area contributed by atoms with Crippen molar-refractivity contribution in [1.29, 1.82) is 0 Å². The van der Waals surface area contributed by atoms with Gasteiger partial charge in [0.05, 0.1) is 14.2 Å². The van der Waals surface area contributed by atoms with E-state index in [1.54, 1.807) is 7.11 Å². The molecule has 0 radical (unpaired) electrons. The summed E-state index contributed by atoms with van der Waals surface area (Å²) in [6.07, 6.45) is 0. The van der Waals surface area contributed by atoms with Gasteiger partial charge >= 0.3 is 5.97 Å². The average Bonchev–Trinajstić information content (AvgIpc) is 2.46. The van der Waals surface area contributed by atoms with Crippen LogP contribution in [-0.2, 0) is 9.53 Å². The van der Waals surface area contributed by atoms with Gasteiger partial charge < -0.3 is 19.5 Å². The van der Waals surface area contributed by atoms with Crippen LogP contribution in [-0.4, -0.2) is 44.7 Å². The van der Waals surface area contributed by atoms with Gasteiger partial charge in [-0.3, -0.25) is 4.79 Å². The number of hydrogen-bond acceptors (Lipinski definition) is 5. The van der Waals surface area contributed by atoms with Crippen molar-refractivity contribution in [2.45, 2.75) is 4.83 Å². The molecule has 1 aromatic carbocycles. The third-order valence-corrected chi connectivity index (χ3v) is 3.09. The van der Waals surface area contributed by atoms with Crippen LogP contribution in [0.4, 0.5) is 0 Å². The van der Waals surface area contributed by atoms with Gasteiger partial charge in [-0.15, -0.1) is 0 Å². The van der Waals surface area contributed by atoms with Crippen molar-refractivity contribution in [2.75, 3.05) is 33.9 Å². The van der Waals surface area contributed by atoms with Crippen molar-refractivity contribution in [2.24, 2.45) is 0 Å². The fraction of sp³-hybridized carbons (Fsp3) is 0.462. The Morgan fingerprint density at radius 2 is 1.89 bits per heavy atom. The van der Waals surface area contributed by atoms with E-state index in [1.165, 1.54) is 7.11 Å². The predicted octanol–water partition coefficient (Wildman–Crippen LogP) is 1.60. The van der Waals surface area contributed by atoms with E-state index in [0.717, 1.165) is 11.5 Å². The van der Waals surface area contributed by atoms with Crippen LogP contribution in [0.2, 0.25) is 0 Å². The first-order valence-corrected chi connectivity index (χ1v) is 6.78. The molecule has 1 N–H and O–H groups in total. The maximum absolute atomic E-state index is 11.1. The number of ether oxygens (including phenoxy) is 3. The van der Waals surface area contributed by atoms with Crippen molar-refractivity contribution in [1.82, 2.24) is 5.32 Å². The summed E-state index contributed by atoms with van der Waals surface area (Å²) in [6, 6.07) is 7.38. The van der Waals surface area contributed by atoms with E-state index in [2.05, 4.69) is 26.0 Å². The largest absolute Gasteiger partial charge is 0.497 e. The van der Waals surface area contributed by atoms with E-state index in [1.807, 2.05) is 24.3 Å². The molecule has 19 heavy (non-hydrogen) atoms. The van der Waals surface area contributed by atoms with Crippen molar-refractivity contribution < 1.29 is 19.0 Å². The van der Waals surface area contributed by atoms with Gasteiger partial charge in [0, 0.05) is 13.1 Å². The Kier molecular flexibility index (Phi) is 7.28. The Balaban J connectivity index is 2.15. The minimum absolute atomic E-state index is 0.288. The lowest BCUT2D eigenvalue weighted by molar-refractivity contribution is -0.139. The maximum atomic E-state index is 11.1. The first-order valence-electron chi connectivity index (χ1n) is 5.87. The number of esters is 1. The molecule has 0 fully saturated rings. The molecule has 0 saturated carbocycles. The van der Waals surface area contributed by atoms with Crippen LogP contribution in [0.3, 0.4) is 0 Å². The van der Waals surface area contributed by atoms with Gasteiger partial charge in [-0.05, 0) is 24.3 Å². The zero-order valence-corrected chi connectivity index (χ0v) is 12.6. The average molecular weight is 332 g/mol. The molecule has 0 aliphatic rings. The molecule has 1 rings (SSSR count). The van der Waals surface area contributed by atoms with Gasteiger partial charge in [-0.1, -0.05) is 15.9 Å². The van der Waals surface area contributed by atoms with E-state index < -0.39 is 0 Å². The Hall–Kier alpha value is -1.27.